The zero-order valence-corrected chi connectivity index (χ0v) is 16.6. The van der Waals surface area contributed by atoms with Crippen LogP contribution < -0.4 is 5.73 Å². The van der Waals surface area contributed by atoms with E-state index in [-0.39, 0.29) is 11.2 Å². The van der Waals surface area contributed by atoms with Crippen molar-refractivity contribution >= 4 is 37.5 Å². The summed E-state index contributed by atoms with van der Waals surface area (Å²) in [5.41, 5.74) is 8.53. The Kier molecular flexibility index (Phi) is 9.92. The topological polar surface area (TPSA) is 92.3 Å². The second-order valence-corrected chi connectivity index (χ2v) is 7.60. The van der Waals surface area contributed by atoms with Crippen LogP contribution in [0.2, 0.25) is 0 Å². The minimum atomic E-state index is 0.0525. The van der Waals surface area contributed by atoms with Gasteiger partial charge in [0.15, 0.2) is 0 Å². The Morgan fingerprint density at radius 2 is 2.12 bits per heavy atom. The fourth-order valence-corrected chi connectivity index (χ4v) is 2.91. The van der Waals surface area contributed by atoms with Gasteiger partial charge in [-0.3, -0.25) is 4.79 Å². The number of hydrogen-bond donors (Lipinski definition) is 4. The van der Waals surface area contributed by atoms with E-state index in [1.165, 1.54) is 0 Å². The second-order valence-electron chi connectivity index (χ2n) is 5.95. The average Bonchev–Trinajstić information content (AvgIpc) is 2.56. The number of thiol groups is 2. The van der Waals surface area contributed by atoms with E-state index in [9.17, 15) is 9.90 Å². The molecule has 0 radical (unpaired) electrons. The van der Waals surface area contributed by atoms with E-state index in [0.717, 1.165) is 43.4 Å². The Bertz CT molecular complexity index is 594. The lowest BCUT2D eigenvalue weighted by Crippen LogP contribution is -2.22. The van der Waals surface area contributed by atoms with Crippen molar-refractivity contribution in [2.24, 2.45) is 0 Å². The van der Waals surface area contributed by atoms with E-state index in [2.05, 4.69) is 35.2 Å². The Balaban J connectivity index is 2.86. The summed E-state index contributed by atoms with van der Waals surface area (Å²) >= 11 is 8.52. The SMILES string of the molecule is CC(=C(CCO)CCCCC(S)S)N(C=O)Cc1cnc(C)nc1N. The van der Waals surface area contributed by atoms with Crippen LogP contribution in [0, 0.1) is 6.92 Å². The van der Waals surface area contributed by atoms with Gasteiger partial charge in [0.25, 0.3) is 0 Å². The highest BCUT2D eigenvalue weighted by Crippen LogP contribution is 2.22. The summed E-state index contributed by atoms with van der Waals surface area (Å²) in [6.07, 6.45) is 6.68. The van der Waals surface area contributed by atoms with Crippen LogP contribution >= 0.6 is 25.3 Å². The van der Waals surface area contributed by atoms with E-state index in [0.29, 0.717) is 30.2 Å². The number of aliphatic hydroxyl groups is 1. The largest absolute Gasteiger partial charge is 0.396 e. The molecule has 1 heterocycles. The van der Waals surface area contributed by atoms with Crippen LogP contribution in [-0.2, 0) is 11.3 Å². The summed E-state index contributed by atoms with van der Waals surface area (Å²) in [5, 5.41) is 9.34. The van der Waals surface area contributed by atoms with Crippen LogP contribution in [0.15, 0.2) is 17.5 Å². The molecule has 0 aliphatic rings. The summed E-state index contributed by atoms with van der Waals surface area (Å²) in [6, 6.07) is 0. The summed E-state index contributed by atoms with van der Waals surface area (Å²) in [5.74, 6) is 0.975. The number of aliphatic hydroxyl groups excluding tert-OH is 1. The van der Waals surface area contributed by atoms with Crippen LogP contribution in [0.4, 0.5) is 5.82 Å². The third-order valence-corrected chi connectivity index (χ3v) is 4.55. The second kappa shape index (κ2) is 11.4. The number of unbranched alkanes of at least 4 members (excludes halogenated alkanes) is 1. The molecule has 0 bridgehead atoms. The first kappa shape index (κ1) is 21.8. The van der Waals surface area contributed by atoms with Crippen molar-refractivity contribution in [3.8, 4) is 0 Å². The predicted octanol–water partition coefficient (Wildman–Crippen LogP) is 2.73. The van der Waals surface area contributed by atoms with Crippen molar-refractivity contribution in [2.45, 2.75) is 57.1 Å². The highest BCUT2D eigenvalue weighted by molar-refractivity contribution is 7.99. The number of allylic oxidation sites excluding steroid dienone is 1. The van der Waals surface area contributed by atoms with Crippen molar-refractivity contribution in [3.05, 3.63) is 28.9 Å². The average molecular weight is 385 g/mol. The molecule has 1 rings (SSSR count). The van der Waals surface area contributed by atoms with Gasteiger partial charge in [0.05, 0.1) is 6.54 Å². The molecule has 0 aromatic carbocycles. The third kappa shape index (κ3) is 7.66. The minimum Gasteiger partial charge on any atom is -0.396 e. The monoisotopic (exact) mass is 384 g/mol. The molecule has 0 saturated heterocycles. The standard InChI is InChI=1S/C17H28N4O2S2/c1-12(14(7-8-22)5-3-4-6-16(24)25)21(11-23)10-15-9-19-13(2)20-17(15)18/h9,11,16,22,24-25H,3-8,10H2,1-2H3,(H2,18,19,20). The molecular weight excluding hydrogens is 356 g/mol. The van der Waals surface area contributed by atoms with Crippen molar-refractivity contribution in [3.63, 3.8) is 0 Å². The summed E-state index contributed by atoms with van der Waals surface area (Å²) in [4.78, 5) is 21.5. The quantitative estimate of drug-likeness (QED) is 0.204. The van der Waals surface area contributed by atoms with Gasteiger partial charge in [-0.1, -0.05) is 6.42 Å². The highest BCUT2D eigenvalue weighted by Gasteiger charge is 2.13. The molecule has 1 amide bonds. The summed E-state index contributed by atoms with van der Waals surface area (Å²) in [7, 11) is 0. The maximum absolute atomic E-state index is 11.6. The number of carbonyl (C=O) groups is 1. The number of hydrogen-bond acceptors (Lipinski definition) is 7. The van der Waals surface area contributed by atoms with E-state index < -0.39 is 0 Å². The van der Waals surface area contributed by atoms with Gasteiger partial charge < -0.3 is 15.7 Å². The molecule has 1 aromatic heterocycles. The van der Waals surface area contributed by atoms with Crippen LogP contribution in [-0.4, -0.2) is 37.6 Å². The van der Waals surface area contributed by atoms with Crippen molar-refractivity contribution in [1.82, 2.24) is 14.9 Å². The van der Waals surface area contributed by atoms with Crippen LogP contribution in [0.3, 0.4) is 0 Å². The number of nitrogen functional groups attached to an aromatic ring is 1. The first-order valence-electron chi connectivity index (χ1n) is 8.34. The molecule has 0 saturated carbocycles. The molecule has 0 spiro atoms. The number of anilines is 1. The molecule has 6 nitrogen and oxygen atoms in total. The van der Waals surface area contributed by atoms with Gasteiger partial charge in [-0.05, 0) is 45.1 Å². The van der Waals surface area contributed by atoms with E-state index in [1.54, 1.807) is 18.0 Å². The zero-order chi connectivity index (χ0) is 18.8. The van der Waals surface area contributed by atoms with Gasteiger partial charge in [0.1, 0.15) is 11.6 Å². The number of rotatable bonds is 11. The maximum Gasteiger partial charge on any atom is 0.214 e. The first-order valence-corrected chi connectivity index (χ1v) is 9.37. The number of aromatic nitrogens is 2. The Hall–Kier alpha value is -1.25. The molecule has 25 heavy (non-hydrogen) atoms. The smallest absolute Gasteiger partial charge is 0.214 e. The molecule has 0 fully saturated rings. The summed E-state index contributed by atoms with van der Waals surface area (Å²) in [6.45, 7) is 4.02. The van der Waals surface area contributed by atoms with Gasteiger partial charge in [0, 0.05) is 28.6 Å². The normalized spacial score (nSPS) is 12.2. The number of nitrogens with zero attached hydrogens (tertiary/aromatic N) is 3. The molecule has 0 aliphatic heterocycles. The summed E-state index contributed by atoms with van der Waals surface area (Å²) < 4.78 is 0.0855. The predicted molar refractivity (Wildman–Crippen MR) is 107 cm³/mol. The molecule has 3 N–H and O–H groups in total. The number of nitrogens with two attached hydrogens (primary N) is 1. The first-order chi connectivity index (χ1) is 11.9. The lowest BCUT2D eigenvalue weighted by molar-refractivity contribution is -0.117. The molecule has 8 heteroatoms. The highest BCUT2D eigenvalue weighted by atomic mass is 32.2. The van der Waals surface area contributed by atoms with Gasteiger partial charge >= 0.3 is 0 Å². The van der Waals surface area contributed by atoms with Gasteiger partial charge in [-0.15, -0.1) is 0 Å². The number of amides is 1. The fourth-order valence-electron chi connectivity index (χ4n) is 2.54. The number of carbonyl (C=O) groups excluding carboxylic acids is 1. The van der Waals surface area contributed by atoms with E-state index >= 15 is 0 Å². The molecule has 1 aromatic rings. The Morgan fingerprint density at radius 3 is 2.68 bits per heavy atom. The fraction of sp³-hybridized carbons (Fsp3) is 0.588. The molecular formula is C17H28N4O2S2. The van der Waals surface area contributed by atoms with E-state index in [4.69, 9.17) is 5.73 Å². The van der Waals surface area contributed by atoms with Gasteiger partial charge in [-0.25, -0.2) is 9.97 Å². The maximum atomic E-state index is 11.6. The van der Waals surface area contributed by atoms with Crippen LogP contribution in [0.25, 0.3) is 0 Å². The molecule has 0 unspecified atom stereocenters. The minimum absolute atomic E-state index is 0.0525. The van der Waals surface area contributed by atoms with Crippen LogP contribution in [0.1, 0.15) is 50.4 Å². The third-order valence-electron chi connectivity index (χ3n) is 4.03. The zero-order valence-electron chi connectivity index (χ0n) is 14.9. The van der Waals surface area contributed by atoms with Crippen molar-refractivity contribution in [1.29, 1.82) is 0 Å². The number of aryl methyl sites for hydroxylation is 1. The molecule has 0 aliphatic carbocycles. The van der Waals surface area contributed by atoms with E-state index in [1.807, 2.05) is 6.92 Å². The van der Waals surface area contributed by atoms with Gasteiger partial charge in [0.2, 0.25) is 6.41 Å². The van der Waals surface area contributed by atoms with Crippen molar-refractivity contribution < 1.29 is 9.90 Å². The van der Waals surface area contributed by atoms with Gasteiger partial charge in [-0.2, -0.15) is 25.3 Å². The Labute approximate surface area is 160 Å². The molecule has 140 valence electrons. The van der Waals surface area contributed by atoms with Crippen LogP contribution in [0.5, 0.6) is 0 Å². The molecule has 0 atom stereocenters. The lowest BCUT2D eigenvalue weighted by atomic mass is 10.0. The van der Waals surface area contributed by atoms with Crippen molar-refractivity contribution in [2.75, 3.05) is 12.3 Å². The lowest BCUT2D eigenvalue weighted by Gasteiger charge is -2.22. The Morgan fingerprint density at radius 1 is 1.40 bits per heavy atom.